The largest absolute Gasteiger partial charge is 0.398 e. The van der Waals surface area contributed by atoms with E-state index in [2.05, 4.69) is 9.97 Å². The van der Waals surface area contributed by atoms with Crippen LogP contribution in [0.1, 0.15) is 17.0 Å². The third kappa shape index (κ3) is 3.17. The summed E-state index contributed by atoms with van der Waals surface area (Å²) >= 11 is 5.87. The number of anilines is 1. The Bertz CT molecular complexity index is 526. The van der Waals surface area contributed by atoms with Crippen LogP contribution in [0, 0.1) is 6.92 Å². The summed E-state index contributed by atoms with van der Waals surface area (Å²) in [6.07, 6.45) is 3.38. The van der Waals surface area contributed by atoms with E-state index in [0.717, 1.165) is 24.2 Å². The van der Waals surface area contributed by atoms with E-state index < -0.39 is 0 Å². The number of benzene rings is 1. The maximum Gasteiger partial charge on any atom is 0.115 e. The summed E-state index contributed by atoms with van der Waals surface area (Å²) in [5.41, 5.74) is 9.59. The number of rotatable bonds is 3. The molecule has 0 bridgehead atoms. The molecule has 0 atom stereocenters. The van der Waals surface area contributed by atoms with Gasteiger partial charge in [-0.05, 0) is 43.5 Å². The van der Waals surface area contributed by atoms with E-state index in [1.54, 1.807) is 6.33 Å². The summed E-state index contributed by atoms with van der Waals surface area (Å²) in [5, 5.41) is 0.603. The Balaban J connectivity index is 2.05. The van der Waals surface area contributed by atoms with Crippen LogP contribution >= 0.6 is 11.6 Å². The second-order valence-corrected chi connectivity index (χ2v) is 4.41. The molecule has 0 fully saturated rings. The third-order valence-electron chi connectivity index (χ3n) is 2.59. The van der Waals surface area contributed by atoms with Crippen molar-refractivity contribution in [3.8, 4) is 0 Å². The van der Waals surface area contributed by atoms with E-state index >= 15 is 0 Å². The Morgan fingerprint density at radius 1 is 1.18 bits per heavy atom. The molecular formula is C13H14ClN3. The average molecular weight is 248 g/mol. The molecule has 0 saturated carbocycles. The summed E-state index contributed by atoms with van der Waals surface area (Å²) in [7, 11) is 0. The van der Waals surface area contributed by atoms with Crippen molar-refractivity contribution < 1.29 is 0 Å². The molecule has 88 valence electrons. The van der Waals surface area contributed by atoms with Crippen molar-refractivity contribution in [3.05, 3.63) is 52.6 Å². The molecule has 0 aliphatic heterocycles. The minimum absolute atomic E-state index is 0.603. The van der Waals surface area contributed by atoms with Gasteiger partial charge >= 0.3 is 0 Å². The van der Waals surface area contributed by atoms with Gasteiger partial charge in [0.15, 0.2) is 0 Å². The fourth-order valence-electron chi connectivity index (χ4n) is 1.67. The zero-order chi connectivity index (χ0) is 12.3. The van der Waals surface area contributed by atoms with Crippen molar-refractivity contribution in [2.75, 3.05) is 5.73 Å². The molecule has 0 spiro atoms. The Morgan fingerprint density at radius 3 is 2.71 bits per heavy atom. The normalized spacial score (nSPS) is 10.5. The van der Waals surface area contributed by atoms with E-state index in [-0.39, 0.29) is 0 Å². The minimum atomic E-state index is 0.603. The number of nitrogens with two attached hydrogens (primary N) is 1. The van der Waals surface area contributed by atoms with Gasteiger partial charge in [0.2, 0.25) is 0 Å². The van der Waals surface area contributed by atoms with E-state index in [1.807, 2.05) is 31.2 Å². The van der Waals surface area contributed by atoms with Crippen LogP contribution in [-0.4, -0.2) is 9.97 Å². The highest BCUT2D eigenvalue weighted by molar-refractivity contribution is 6.33. The molecule has 17 heavy (non-hydrogen) atoms. The first kappa shape index (κ1) is 11.9. The molecule has 0 saturated heterocycles. The Labute approximate surface area is 106 Å². The molecule has 3 nitrogen and oxygen atoms in total. The Hall–Kier alpha value is -1.61. The molecule has 4 heteroatoms. The monoisotopic (exact) mass is 247 g/mol. The van der Waals surface area contributed by atoms with Crippen molar-refractivity contribution in [3.63, 3.8) is 0 Å². The van der Waals surface area contributed by atoms with Crippen LogP contribution in [0.4, 0.5) is 5.69 Å². The third-order valence-corrected chi connectivity index (χ3v) is 2.93. The van der Waals surface area contributed by atoms with Crippen LogP contribution in [-0.2, 0) is 12.8 Å². The van der Waals surface area contributed by atoms with Gasteiger partial charge in [-0.2, -0.15) is 0 Å². The number of aromatic nitrogens is 2. The summed E-state index contributed by atoms with van der Waals surface area (Å²) in [5.74, 6) is 0. The fraction of sp³-hybridized carbons (Fsp3) is 0.231. The molecule has 1 heterocycles. The maximum atomic E-state index is 5.87. The highest BCUT2D eigenvalue weighted by atomic mass is 35.5. The molecule has 0 aliphatic rings. The van der Waals surface area contributed by atoms with Crippen LogP contribution in [0.15, 0.2) is 30.6 Å². The summed E-state index contributed by atoms with van der Waals surface area (Å²) in [6, 6.07) is 7.74. The molecule has 0 amide bonds. The molecule has 0 unspecified atom stereocenters. The molecule has 1 aromatic carbocycles. The lowest BCUT2D eigenvalue weighted by atomic mass is 10.1. The van der Waals surface area contributed by atoms with Crippen LogP contribution in [0.2, 0.25) is 5.02 Å². The van der Waals surface area contributed by atoms with Gasteiger partial charge in [0.1, 0.15) is 6.33 Å². The first-order chi connectivity index (χ1) is 8.15. The van der Waals surface area contributed by atoms with Crippen molar-refractivity contribution in [2.24, 2.45) is 0 Å². The summed E-state index contributed by atoms with van der Waals surface area (Å²) < 4.78 is 0. The van der Waals surface area contributed by atoms with E-state index in [4.69, 9.17) is 17.3 Å². The lowest BCUT2D eigenvalue weighted by Crippen LogP contribution is -1.97. The number of hydrogen-bond donors (Lipinski definition) is 1. The number of aryl methyl sites for hydroxylation is 3. The number of nitrogen functional groups attached to an aromatic ring is 1. The molecular weight excluding hydrogens is 234 g/mol. The van der Waals surface area contributed by atoms with Crippen LogP contribution in [0.25, 0.3) is 0 Å². The lowest BCUT2D eigenvalue weighted by Gasteiger charge is -2.04. The van der Waals surface area contributed by atoms with Crippen LogP contribution in [0.3, 0.4) is 0 Å². The van der Waals surface area contributed by atoms with E-state index in [0.29, 0.717) is 10.7 Å². The zero-order valence-electron chi connectivity index (χ0n) is 9.65. The Morgan fingerprint density at radius 2 is 2.00 bits per heavy atom. The van der Waals surface area contributed by atoms with Gasteiger partial charge < -0.3 is 5.73 Å². The number of halogens is 1. The summed E-state index contributed by atoms with van der Waals surface area (Å²) in [4.78, 5) is 8.30. The lowest BCUT2D eigenvalue weighted by molar-refractivity contribution is 0.892. The molecule has 2 rings (SSSR count). The fourth-order valence-corrected chi connectivity index (χ4v) is 1.79. The highest BCUT2D eigenvalue weighted by Crippen LogP contribution is 2.20. The second kappa shape index (κ2) is 5.15. The highest BCUT2D eigenvalue weighted by Gasteiger charge is 2.01. The van der Waals surface area contributed by atoms with Crippen molar-refractivity contribution in [2.45, 2.75) is 19.8 Å². The first-order valence-corrected chi connectivity index (χ1v) is 5.84. The van der Waals surface area contributed by atoms with Gasteiger partial charge in [0.05, 0.1) is 10.7 Å². The molecule has 0 aliphatic carbocycles. The predicted octanol–water partition coefficient (Wildman–Crippen LogP) is 2.81. The minimum Gasteiger partial charge on any atom is -0.398 e. The van der Waals surface area contributed by atoms with Gasteiger partial charge in [-0.1, -0.05) is 17.7 Å². The summed E-state index contributed by atoms with van der Waals surface area (Å²) in [6.45, 7) is 1.96. The standard InChI is InChI=1S/C13H14ClN3/c1-9-6-11(17-8-16-9)4-2-10-3-5-12(14)13(15)7-10/h3,5-8H,2,4,15H2,1H3. The van der Waals surface area contributed by atoms with Crippen molar-refractivity contribution in [1.82, 2.24) is 9.97 Å². The zero-order valence-corrected chi connectivity index (χ0v) is 10.4. The smallest absolute Gasteiger partial charge is 0.115 e. The SMILES string of the molecule is Cc1cc(CCc2ccc(Cl)c(N)c2)ncn1. The van der Waals surface area contributed by atoms with Gasteiger partial charge in [-0.25, -0.2) is 9.97 Å². The average Bonchev–Trinajstić information content (AvgIpc) is 2.31. The molecule has 2 aromatic rings. The first-order valence-electron chi connectivity index (χ1n) is 5.46. The van der Waals surface area contributed by atoms with Gasteiger partial charge in [0, 0.05) is 11.4 Å². The second-order valence-electron chi connectivity index (χ2n) is 4.01. The Kier molecular flexibility index (Phi) is 3.59. The number of nitrogens with zero attached hydrogens (tertiary/aromatic N) is 2. The van der Waals surface area contributed by atoms with E-state index in [9.17, 15) is 0 Å². The van der Waals surface area contributed by atoms with Crippen molar-refractivity contribution in [1.29, 1.82) is 0 Å². The van der Waals surface area contributed by atoms with Gasteiger partial charge in [-0.3, -0.25) is 0 Å². The molecule has 1 aromatic heterocycles. The van der Waals surface area contributed by atoms with Crippen LogP contribution in [0.5, 0.6) is 0 Å². The molecule has 2 N–H and O–H groups in total. The van der Waals surface area contributed by atoms with Gasteiger partial charge in [0.25, 0.3) is 0 Å². The predicted molar refractivity (Wildman–Crippen MR) is 70.0 cm³/mol. The maximum absolute atomic E-state index is 5.87. The van der Waals surface area contributed by atoms with E-state index in [1.165, 1.54) is 5.56 Å². The quantitative estimate of drug-likeness (QED) is 0.849. The van der Waals surface area contributed by atoms with Gasteiger partial charge in [-0.15, -0.1) is 0 Å². The number of hydrogen-bond acceptors (Lipinski definition) is 3. The van der Waals surface area contributed by atoms with Crippen molar-refractivity contribution >= 4 is 17.3 Å². The molecule has 0 radical (unpaired) electrons. The van der Waals surface area contributed by atoms with Crippen LogP contribution < -0.4 is 5.73 Å². The topological polar surface area (TPSA) is 51.8 Å².